The van der Waals surface area contributed by atoms with Gasteiger partial charge in [0.05, 0.1) is 5.69 Å². The van der Waals surface area contributed by atoms with Crippen molar-refractivity contribution in [3.63, 3.8) is 0 Å². The average Bonchev–Trinajstić information content (AvgIpc) is 2.89. The number of hydrogen-bond donors (Lipinski definition) is 1. The van der Waals surface area contributed by atoms with Crippen LogP contribution in [0.25, 0.3) is 0 Å². The van der Waals surface area contributed by atoms with Gasteiger partial charge in [0.25, 0.3) is 0 Å². The number of nitrogens with zero attached hydrogens (tertiary/aromatic N) is 2. The van der Waals surface area contributed by atoms with Gasteiger partial charge in [-0.2, -0.15) is 11.8 Å². The fourth-order valence-corrected chi connectivity index (χ4v) is 4.32. The van der Waals surface area contributed by atoms with Crippen molar-refractivity contribution in [3.05, 3.63) is 52.5 Å². The van der Waals surface area contributed by atoms with Crippen LogP contribution in [0.2, 0.25) is 0 Å². The molecule has 0 spiro atoms. The number of rotatable bonds is 2. The third-order valence-corrected chi connectivity index (χ3v) is 5.31. The minimum atomic E-state index is 0.465. The lowest BCUT2D eigenvalue weighted by Gasteiger charge is -2.21. The molecule has 1 N–H and O–H groups in total. The summed E-state index contributed by atoms with van der Waals surface area (Å²) in [7, 11) is 0. The molecule has 0 atom stereocenters. The third kappa shape index (κ3) is 2.53. The maximum absolute atomic E-state index is 4.68. The smallest absolute Gasteiger partial charge is 0.134 e. The lowest BCUT2D eigenvalue weighted by atomic mass is 10.1. The van der Waals surface area contributed by atoms with Gasteiger partial charge in [0, 0.05) is 17.4 Å². The Morgan fingerprint density at radius 1 is 1.14 bits per heavy atom. The molecule has 0 fully saturated rings. The molecule has 108 valence electrons. The topological polar surface area (TPSA) is 37.8 Å². The molecule has 4 rings (SSSR count). The van der Waals surface area contributed by atoms with Crippen LogP contribution in [0.5, 0.6) is 0 Å². The summed E-state index contributed by atoms with van der Waals surface area (Å²) in [5, 5.41) is 3.69. The summed E-state index contributed by atoms with van der Waals surface area (Å²) in [5.74, 6) is 4.18. The van der Waals surface area contributed by atoms with Crippen LogP contribution in [0.1, 0.15) is 28.2 Å². The lowest BCUT2D eigenvalue weighted by Crippen LogP contribution is -2.23. The lowest BCUT2D eigenvalue weighted by molar-refractivity contribution is 0.760. The van der Waals surface area contributed by atoms with E-state index in [1.54, 1.807) is 0 Å². The van der Waals surface area contributed by atoms with Crippen LogP contribution >= 0.6 is 11.8 Å². The van der Waals surface area contributed by atoms with Gasteiger partial charge in [-0.3, -0.25) is 0 Å². The Morgan fingerprint density at radius 2 is 1.90 bits per heavy atom. The Morgan fingerprint density at radius 3 is 2.67 bits per heavy atom. The largest absolute Gasteiger partial charge is 0.366 e. The number of nitrogens with one attached hydrogen (secondary N) is 1. The number of aromatic nitrogens is 2. The van der Waals surface area contributed by atoms with Gasteiger partial charge in [-0.25, -0.2) is 9.97 Å². The predicted octanol–water partition coefficient (Wildman–Crippen LogP) is 3.15. The number of aryl methyl sites for hydroxylation is 2. The average molecular weight is 297 g/mol. The van der Waals surface area contributed by atoms with Crippen LogP contribution in [0, 0.1) is 6.92 Å². The Labute approximate surface area is 129 Å². The highest BCUT2D eigenvalue weighted by Gasteiger charge is 2.24. The molecular formula is C17H19N3S. The first kappa shape index (κ1) is 13.1. The van der Waals surface area contributed by atoms with E-state index in [0.717, 1.165) is 36.7 Å². The van der Waals surface area contributed by atoms with Gasteiger partial charge in [-0.15, -0.1) is 0 Å². The first-order valence-corrected chi connectivity index (χ1v) is 8.72. The molecule has 2 aromatic rings. The molecule has 0 saturated carbocycles. The Kier molecular flexibility index (Phi) is 3.34. The summed E-state index contributed by atoms with van der Waals surface area (Å²) in [6.07, 6.45) is 3.27. The van der Waals surface area contributed by atoms with E-state index >= 15 is 0 Å². The van der Waals surface area contributed by atoms with Crippen LogP contribution in [0.4, 0.5) is 5.82 Å². The summed E-state index contributed by atoms with van der Waals surface area (Å²) in [6.45, 7) is 2.00. The zero-order valence-corrected chi connectivity index (χ0v) is 13.0. The molecule has 4 heteroatoms. The molecule has 0 bridgehead atoms. The van der Waals surface area contributed by atoms with Crippen LogP contribution in [-0.2, 0) is 25.0 Å². The summed E-state index contributed by atoms with van der Waals surface area (Å²) < 4.78 is 0. The first-order chi connectivity index (χ1) is 10.3. The van der Waals surface area contributed by atoms with Crippen LogP contribution in [0.15, 0.2) is 24.3 Å². The van der Waals surface area contributed by atoms with Gasteiger partial charge in [0.2, 0.25) is 0 Å². The Hall–Kier alpha value is -1.55. The molecule has 3 nitrogen and oxygen atoms in total. The maximum Gasteiger partial charge on any atom is 0.134 e. The molecule has 2 aliphatic rings. The van der Waals surface area contributed by atoms with Crippen LogP contribution < -0.4 is 5.32 Å². The second kappa shape index (κ2) is 5.34. The van der Waals surface area contributed by atoms with Crippen molar-refractivity contribution in [2.45, 2.75) is 38.0 Å². The highest BCUT2D eigenvalue weighted by molar-refractivity contribution is 7.98. The Balaban J connectivity index is 1.60. The van der Waals surface area contributed by atoms with Gasteiger partial charge in [-0.05, 0) is 43.1 Å². The molecule has 0 radical (unpaired) electrons. The van der Waals surface area contributed by atoms with Gasteiger partial charge in [0.15, 0.2) is 0 Å². The molecule has 21 heavy (non-hydrogen) atoms. The van der Waals surface area contributed by atoms with Gasteiger partial charge in [-0.1, -0.05) is 24.3 Å². The zero-order chi connectivity index (χ0) is 14.2. The van der Waals surface area contributed by atoms with E-state index in [9.17, 15) is 0 Å². The third-order valence-electron chi connectivity index (χ3n) is 4.33. The van der Waals surface area contributed by atoms with Crippen molar-refractivity contribution in [1.29, 1.82) is 0 Å². The van der Waals surface area contributed by atoms with E-state index in [2.05, 4.69) is 39.6 Å². The van der Waals surface area contributed by atoms with Crippen molar-refractivity contribution in [1.82, 2.24) is 9.97 Å². The standard InChI is InChI=1S/C17H19N3S/c1-11-18-16-6-7-21-10-15(16)17(19-11)20-14-8-12-4-2-3-5-13(12)9-14/h2-5,14H,6-10H2,1H3,(H,18,19,20). The van der Waals surface area contributed by atoms with Crippen molar-refractivity contribution in [3.8, 4) is 0 Å². The van der Waals surface area contributed by atoms with E-state index < -0.39 is 0 Å². The van der Waals surface area contributed by atoms with Crippen molar-refractivity contribution in [2.75, 3.05) is 11.1 Å². The van der Waals surface area contributed by atoms with E-state index in [4.69, 9.17) is 0 Å². The number of fused-ring (bicyclic) bond motifs is 2. The zero-order valence-electron chi connectivity index (χ0n) is 12.2. The second-order valence-corrected chi connectivity index (χ2v) is 6.97. The highest BCUT2D eigenvalue weighted by Crippen LogP contribution is 2.30. The van der Waals surface area contributed by atoms with Gasteiger partial charge in [0.1, 0.15) is 11.6 Å². The monoisotopic (exact) mass is 297 g/mol. The van der Waals surface area contributed by atoms with E-state index in [1.807, 2.05) is 18.7 Å². The van der Waals surface area contributed by atoms with Crippen LogP contribution in [0.3, 0.4) is 0 Å². The summed E-state index contributed by atoms with van der Waals surface area (Å²) >= 11 is 1.98. The van der Waals surface area contributed by atoms with Gasteiger partial charge < -0.3 is 5.32 Å². The molecule has 1 aromatic carbocycles. The van der Waals surface area contributed by atoms with Gasteiger partial charge >= 0.3 is 0 Å². The number of hydrogen-bond acceptors (Lipinski definition) is 4. The molecule has 0 unspecified atom stereocenters. The van der Waals surface area contributed by atoms with E-state index in [0.29, 0.717) is 6.04 Å². The van der Waals surface area contributed by atoms with Crippen molar-refractivity contribution in [2.24, 2.45) is 0 Å². The predicted molar refractivity (Wildman–Crippen MR) is 87.9 cm³/mol. The molecule has 1 aliphatic heterocycles. The quantitative estimate of drug-likeness (QED) is 0.924. The maximum atomic E-state index is 4.68. The summed E-state index contributed by atoms with van der Waals surface area (Å²) in [6, 6.07) is 9.22. The minimum absolute atomic E-state index is 0.465. The second-order valence-electron chi connectivity index (χ2n) is 5.87. The highest BCUT2D eigenvalue weighted by atomic mass is 32.2. The molecule has 1 aromatic heterocycles. The van der Waals surface area contributed by atoms with E-state index in [1.165, 1.54) is 28.1 Å². The SMILES string of the molecule is Cc1nc2c(c(NC3Cc4ccccc4C3)n1)CSCC2. The summed E-state index contributed by atoms with van der Waals surface area (Å²) in [5.41, 5.74) is 5.53. The molecular weight excluding hydrogens is 278 g/mol. The summed E-state index contributed by atoms with van der Waals surface area (Å²) in [4.78, 5) is 9.30. The fraction of sp³-hybridized carbons (Fsp3) is 0.412. The fourth-order valence-electron chi connectivity index (χ4n) is 3.33. The Bertz CT molecular complexity index is 659. The first-order valence-electron chi connectivity index (χ1n) is 7.57. The number of thioether (sulfide) groups is 1. The molecule has 0 saturated heterocycles. The number of anilines is 1. The van der Waals surface area contributed by atoms with Crippen molar-refractivity contribution >= 4 is 17.6 Å². The molecule has 1 aliphatic carbocycles. The van der Waals surface area contributed by atoms with E-state index in [-0.39, 0.29) is 0 Å². The molecule has 2 heterocycles. The van der Waals surface area contributed by atoms with Crippen molar-refractivity contribution < 1.29 is 0 Å². The number of benzene rings is 1. The normalized spacial score (nSPS) is 17.4. The minimum Gasteiger partial charge on any atom is -0.366 e. The molecule has 0 amide bonds. The van der Waals surface area contributed by atoms with Crippen LogP contribution in [-0.4, -0.2) is 21.8 Å².